The Labute approximate surface area is 121 Å². The van der Waals surface area contributed by atoms with Gasteiger partial charge in [0.05, 0.1) is 12.3 Å². The molecule has 1 aromatic carbocycles. The molecule has 0 amide bonds. The molecule has 0 bridgehead atoms. The Morgan fingerprint density at radius 2 is 2.00 bits per heavy atom. The molecule has 20 heavy (non-hydrogen) atoms. The fourth-order valence-electron chi connectivity index (χ4n) is 1.80. The van der Waals surface area contributed by atoms with Crippen molar-refractivity contribution in [1.82, 2.24) is 10.2 Å². The minimum atomic E-state index is -3.77. The first-order chi connectivity index (χ1) is 9.47. The Morgan fingerprint density at radius 1 is 1.35 bits per heavy atom. The Hall–Kier alpha value is -1.51. The van der Waals surface area contributed by atoms with Crippen molar-refractivity contribution in [3.05, 3.63) is 35.7 Å². The van der Waals surface area contributed by atoms with Crippen molar-refractivity contribution in [3.8, 4) is 0 Å². The lowest BCUT2D eigenvalue weighted by Gasteiger charge is -2.09. The largest absolute Gasteiger partial charge is 0.390 e. The van der Waals surface area contributed by atoms with Gasteiger partial charge in [0.15, 0.2) is 0 Å². The number of H-pyrrole nitrogens is 1. The number of hydrogen-bond acceptors (Lipinski definition) is 5. The van der Waals surface area contributed by atoms with E-state index < -0.39 is 16.6 Å². The number of aromatic nitrogens is 2. The second-order valence-electron chi connectivity index (χ2n) is 4.12. The Kier molecular flexibility index (Phi) is 4.36. The molecular weight excluding hydrogens is 298 g/mol. The Morgan fingerprint density at radius 3 is 2.55 bits per heavy atom. The number of nitrogens with one attached hydrogen (secondary N) is 2. The van der Waals surface area contributed by atoms with Crippen molar-refractivity contribution in [2.75, 3.05) is 11.0 Å². The predicted molar refractivity (Wildman–Crippen MR) is 78.3 cm³/mol. The SMILES string of the molecule is CSc1ccc(NS(=O)(=O)c2c(CO)n[nH]c2C)cc1. The lowest BCUT2D eigenvalue weighted by atomic mass is 10.3. The first kappa shape index (κ1) is 14.9. The molecule has 8 heteroatoms. The molecule has 1 heterocycles. The number of thioether (sulfide) groups is 1. The molecule has 0 unspecified atom stereocenters. The molecule has 3 N–H and O–H groups in total. The molecule has 0 fully saturated rings. The third kappa shape index (κ3) is 2.97. The summed E-state index contributed by atoms with van der Waals surface area (Å²) < 4.78 is 27.1. The van der Waals surface area contributed by atoms with Crippen molar-refractivity contribution < 1.29 is 13.5 Å². The van der Waals surface area contributed by atoms with E-state index in [2.05, 4.69) is 14.9 Å². The number of sulfonamides is 1. The maximum Gasteiger partial charge on any atom is 0.265 e. The van der Waals surface area contributed by atoms with Crippen molar-refractivity contribution in [2.24, 2.45) is 0 Å². The van der Waals surface area contributed by atoms with Crippen LogP contribution in [0.5, 0.6) is 0 Å². The van der Waals surface area contributed by atoms with E-state index in [4.69, 9.17) is 5.11 Å². The van der Waals surface area contributed by atoms with E-state index >= 15 is 0 Å². The van der Waals surface area contributed by atoms with E-state index in [1.54, 1.807) is 30.8 Å². The van der Waals surface area contributed by atoms with Crippen LogP contribution >= 0.6 is 11.8 Å². The van der Waals surface area contributed by atoms with E-state index in [9.17, 15) is 8.42 Å². The Bertz CT molecular complexity index is 693. The normalized spacial score (nSPS) is 11.6. The Balaban J connectivity index is 2.32. The van der Waals surface area contributed by atoms with Gasteiger partial charge in [0.1, 0.15) is 10.6 Å². The van der Waals surface area contributed by atoms with Crippen LogP contribution in [0.2, 0.25) is 0 Å². The van der Waals surface area contributed by atoms with Gasteiger partial charge in [-0.15, -0.1) is 11.8 Å². The van der Waals surface area contributed by atoms with Crippen LogP contribution in [-0.4, -0.2) is 30.0 Å². The molecule has 0 saturated carbocycles. The van der Waals surface area contributed by atoms with Gasteiger partial charge in [-0.1, -0.05) is 0 Å². The monoisotopic (exact) mass is 313 g/mol. The predicted octanol–water partition coefficient (Wildman–Crippen LogP) is 1.73. The number of aliphatic hydroxyl groups is 1. The molecular formula is C12H15N3O3S2. The minimum absolute atomic E-state index is 0.00561. The fourth-order valence-corrected chi connectivity index (χ4v) is 3.62. The van der Waals surface area contributed by atoms with Crippen molar-refractivity contribution in [1.29, 1.82) is 0 Å². The van der Waals surface area contributed by atoms with Gasteiger partial charge in [-0.3, -0.25) is 9.82 Å². The lowest BCUT2D eigenvalue weighted by Crippen LogP contribution is -2.15. The summed E-state index contributed by atoms with van der Waals surface area (Å²) in [6, 6.07) is 7.05. The first-order valence-corrected chi connectivity index (χ1v) is 8.50. The highest BCUT2D eigenvalue weighted by molar-refractivity contribution is 7.98. The number of nitrogens with zero attached hydrogens (tertiary/aromatic N) is 1. The molecule has 0 aliphatic heterocycles. The highest BCUT2D eigenvalue weighted by Crippen LogP contribution is 2.23. The number of anilines is 1. The lowest BCUT2D eigenvalue weighted by molar-refractivity contribution is 0.273. The highest BCUT2D eigenvalue weighted by Gasteiger charge is 2.23. The first-order valence-electron chi connectivity index (χ1n) is 5.79. The molecule has 6 nitrogen and oxygen atoms in total. The van der Waals surface area contributed by atoms with Crippen LogP contribution in [0.15, 0.2) is 34.1 Å². The molecule has 0 aliphatic rings. The standard InChI is InChI=1S/C12H15N3O3S2/c1-8-12(11(7-16)14-13-8)20(17,18)15-9-3-5-10(19-2)6-4-9/h3-6,15-16H,7H2,1-2H3,(H,13,14). The molecule has 0 spiro atoms. The van der Waals surface area contributed by atoms with Gasteiger partial charge in [0.25, 0.3) is 10.0 Å². The van der Waals surface area contributed by atoms with Crippen molar-refractivity contribution >= 4 is 27.5 Å². The van der Waals surface area contributed by atoms with Crippen LogP contribution in [0.4, 0.5) is 5.69 Å². The maximum atomic E-state index is 12.3. The number of hydrogen-bond donors (Lipinski definition) is 3. The van der Waals surface area contributed by atoms with Crippen LogP contribution in [0.3, 0.4) is 0 Å². The second kappa shape index (κ2) is 5.86. The third-order valence-electron chi connectivity index (χ3n) is 2.72. The van der Waals surface area contributed by atoms with Gasteiger partial charge in [-0.2, -0.15) is 5.10 Å². The van der Waals surface area contributed by atoms with Crippen LogP contribution in [0.1, 0.15) is 11.4 Å². The van der Waals surface area contributed by atoms with Crippen LogP contribution in [0.25, 0.3) is 0 Å². The quantitative estimate of drug-likeness (QED) is 0.731. The van der Waals surface area contributed by atoms with Crippen LogP contribution < -0.4 is 4.72 Å². The molecule has 2 aromatic rings. The maximum absolute atomic E-state index is 12.3. The zero-order chi connectivity index (χ0) is 14.8. The van der Waals surface area contributed by atoms with Crippen molar-refractivity contribution in [3.63, 3.8) is 0 Å². The molecule has 108 valence electrons. The van der Waals surface area contributed by atoms with E-state index in [-0.39, 0.29) is 10.6 Å². The summed E-state index contributed by atoms with van der Waals surface area (Å²) in [6.45, 7) is 1.16. The number of aryl methyl sites for hydroxylation is 1. The highest BCUT2D eigenvalue weighted by atomic mass is 32.2. The van der Waals surface area contributed by atoms with E-state index in [0.717, 1.165) is 4.90 Å². The van der Waals surface area contributed by atoms with Gasteiger partial charge in [0.2, 0.25) is 0 Å². The third-order valence-corrected chi connectivity index (χ3v) is 5.05. The zero-order valence-corrected chi connectivity index (χ0v) is 12.7. The summed E-state index contributed by atoms with van der Waals surface area (Å²) in [6.07, 6.45) is 1.95. The van der Waals surface area contributed by atoms with E-state index in [1.807, 2.05) is 18.4 Å². The average Bonchev–Trinajstić information content (AvgIpc) is 2.81. The second-order valence-corrected chi connectivity index (χ2v) is 6.62. The zero-order valence-electron chi connectivity index (χ0n) is 11.0. The molecule has 1 aromatic heterocycles. The smallest absolute Gasteiger partial charge is 0.265 e. The summed E-state index contributed by atoms with van der Waals surface area (Å²) in [5, 5.41) is 15.5. The molecule has 0 atom stereocenters. The summed E-state index contributed by atoms with van der Waals surface area (Å²) in [5.74, 6) is 0. The van der Waals surface area contributed by atoms with Gasteiger partial charge in [0, 0.05) is 10.6 Å². The van der Waals surface area contributed by atoms with Gasteiger partial charge in [-0.05, 0) is 37.4 Å². The topological polar surface area (TPSA) is 95.1 Å². The molecule has 2 rings (SSSR count). The number of aliphatic hydroxyl groups excluding tert-OH is 1. The van der Waals surface area contributed by atoms with E-state index in [1.165, 1.54) is 0 Å². The van der Waals surface area contributed by atoms with Crippen LogP contribution in [-0.2, 0) is 16.6 Å². The summed E-state index contributed by atoms with van der Waals surface area (Å²) in [7, 11) is -3.77. The van der Waals surface area contributed by atoms with Gasteiger partial charge >= 0.3 is 0 Å². The average molecular weight is 313 g/mol. The van der Waals surface area contributed by atoms with E-state index in [0.29, 0.717) is 11.4 Å². The molecule has 0 aliphatic carbocycles. The van der Waals surface area contributed by atoms with Crippen LogP contribution in [0, 0.1) is 6.92 Å². The summed E-state index contributed by atoms with van der Waals surface area (Å²) >= 11 is 1.58. The van der Waals surface area contributed by atoms with Gasteiger partial charge < -0.3 is 5.11 Å². The summed E-state index contributed by atoms with van der Waals surface area (Å²) in [5.41, 5.74) is 0.963. The van der Waals surface area contributed by atoms with Gasteiger partial charge in [-0.25, -0.2) is 8.42 Å². The number of rotatable bonds is 5. The summed E-state index contributed by atoms with van der Waals surface area (Å²) in [4.78, 5) is 1.04. The fraction of sp³-hybridized carbons (Fsp3) is 0.250. The number of benzene rings is 1. The molecule has 0 radical (unpaired) electrons. The molecule has 0 saturated heterocycles. The minimum Gasteiger partial charge on any atom is -0.390 e. The van der Waals surface area contributed by atoms with Crippen molar-refractivity contribution in [2.45, 2.75) is 23.3 Å². The number of aromatic amines is 1.